The Morgan fingerprint density at radius 1 is 1.12 bits per heavy atom. The lowest BCUT2D eigenvalue weighted by atomic mass is 10.3. The van der Waals surface area contributed by atoms with E-state index in [2.05, 4.69) is 30.8 Å². The smallest absolute Gasteiger partial charge is 0.263 e. The maximum Gasteiger partial charge on any atom is 0.263 e. The number of aromatic nitrogens is 3. The van der Waals surface area contributed by atoms with Gasteiger partial charge in [-0.3, -0.25) is 4.72 Å². The number of rotatable bonds is 5. The molecule has 0 aliphatic rings. The van der Waals surface area contributed by atoms with Crippen LogP contribution in [0.3, 0.4) is 0 Å². The van der Waals surface area contributed by atoms with Gasteiger partial charge in [0.25, 0.3) is 10.0 Å². The molecule has 0 radical (unpaired) electrons. The number of nitrogens with zero attached hydrogens (tertiary/aromatic N) is 3. The molecule has 0 spiro atoms. The predicted molar refractivity (Wildman–Crippen MR) is 96.5 cm³/mol. The summed E-state index contributed by atoms with van der Waals surface area (Å²) in [5, 5.41) is 8.58. The van der Waals surface area contributed by atoms with E-state index in [1.807, 2.05) is 23.7 Å². The van der Waals surface area contributed by atoms with Crippen LogP contribution in [0.5, 0.6) is 0 Å². The molecule has 0 bridgehead atoms. The normalized spacial score (nSPS) is 11.4. The van der Waals surface area contributed by atoms with Crippen molar-refractivity contribution in [3.63, 3.8) is 0 Å². The van der Waals surface area contributed by atoms with Crippen LogP contribution in [0, 0.1) is 0 Å². The third kappa shape index (κ3) is 3.80. The Labute approximate surface area is 152 Å². The van der Waals surface area contributed by atoms with E-state index in [9.17, 15) is 8.42 Å². The molecular weight excluding hydrogens is 412 g/mol. The first-order valence-corrected chi connectivity index (χ1v) is 9.94. The second-order valence-electron chi connectivity index (χ2n) is 4.89. The molecule has 124 valence electrons. The molecule has 0 aliphatic carbocycles. The lowest BCUT2D eigenvalue weighted by Gasteiger charge is -2.10. The van der Waals surface area contributed by atoms with Crippen molar-refractivity contribution in [1.82, 2.24) is 14.8 Å². The highest BCUT2D eigenvalue weighted by Gasteiger charge is 2.17. The van der Waals surface area contributed by atoms with Crippen molar-refractivity contribution in [2.75, 3.05) is 4.72 Å². The standard InChI is InChI=1S/C15H13BrN4O2S2/c1-20-10-17-18-15(20)23-12-8-6-11(7-9-12)19-24(21,22)14-5-3-2-4-13(14)16/h2-10,19H,1H3. The zero-order valence-electron chi connectivity index (χ0n) is 12.5. The Hall–Kier alpha value is -1.84. The summed E-state index contributed by atoms with van der Waals surface area (Å²) in [4.78, 5) is 1.14. The van der Waals surface area contributed by atoms with Crippen molar-refractivity contribution >= 4 is 43.4 Å². The van der Waals surface area contributed by atoms with Gasteiger partial charge in [-0.05, 0) is 64.1 Å². The largest absolute Gasteiger partial charge is 0.311 e. The van der Waals surface area contributed by atoms with Gasteiger partial charge in [0.1, 0.15) is 11.2 Å². The number of benzene rings is 2. The second-order valence-corrected chi connectivity index (χ2v) is 8.43. The third-order valence-corrected chi connectivity index (χ3v) is 6.57. The van der Waals surface area contributed by atoms with Crippen LogP contribution in [-0.2, 0) is 17.1 Å². The number of sulfonamides is 1. The van der Waals surface area contributed by atoms with Gasteiger partial charge in [0.2, 0.25) is 0 Å². The summed E-state index contributed by atoms with van der Waals surface area (Å²) in [5.74, 6) is 0. The Morgan fingerprint density at radius 2 is 1.83 bits per heavy atom. The highest BCUT2D eigenvalue weighted by atomic mass is 79.9. The summed E-state index contributed by atoms with van der Waals surface area (Å²) in [6, 6.07) is 13.8. The van der Waals surface area contributed by atoms with Gasteiger partial charge in [-0.15, -0.1) is 10.2 Å². The quantitative estimate of drug-likeness (QED) is 0.677. The van der Waals surface area contributed by atoms with Crippen LogP contribution >= 0.6 is 27.7 Å². The third-order valence-electron chi connectivity index (χ3n) is 3.11. The molecule has 3 aromatic rings. The molecule has 0 saturated heterocycles. The molecule has 24 heavy (non-hydrogen) atoms. The molecule has 0 saturated carbocycles. The zero-order valence-corrected chi connectivity index (χ0v) is 15.8. The molecule has 0 atom stereocenters. The molecule has 1 heterocycles. The molecule has 2 aromatic carbocycles. The van der Waals surface area contributed by atoms with Gasteiger partial charge in [-0.1, -0.05) is 12.1 Å². The van der Waals surface area contributed by atoms with E-state index in [0.29, 0.717) is 10.2 Å². The van der Waals surface area contributed by atoms with Crippen LogP contribution in [0.2, 0.25) is 0 Å². The average Bonchev–Trinajstić information content (AvgIpc) is 2.94. The van der Waals surface area contributed by atoms with Crippen LogP contribution in [0.4, 0.5) is 5.69 Å². The van der Waals surface area contributed by atoms with Crippen LogP contribution in [0.15, 0.2) is 74.3 Å². The lowest BCUT2D eigenvalue weighted by Crippen LogP contribution is -2.13. The number of hydrogen-bond donors (Lipinski definition) is 1. The van der Waals surface area contributed by atoms with Crippen LogP contribution in [0.1, 0.15) is 0 Å². The molecule has 1 aromatic heterocycles. The molecular formula is C15H13BrN4O2S2. The number of hydrogen-bond acceptors (Lipinski definition) is 5. The summed E-state index contributed by atoms with van der Waals surface area (Å²) >= 11 is 4.71. The Morgan fingerprint density at radius 3 is 2.46 bits per heavy atom. The van der Waals surface area contributed by atoms with E-state index < -0.39 is 10.0 Å². The molecule has 0 unspecified atom stereocenters. The highest BCUT2D eigenvalue weighted by molar-refractivity contribution is 9.10. The first-order chi connectivity index (χ1) is 11.5. The SMILES string of the molecule is Cn1cnnc1Sc1ccc(NS(=O)(=O)c2ccccc2Br)cc1. The average molecular weight is 425 g/mol. The fraction of sp³-hybridized carbons (Fsp3) is 0.0667. The minimum atomic E-state index is -3.64. The van der Waals surface area contributed by atoms with Gasteiger partial charge >= 0.3 is 0 Å². The fourth-order valence-corrected chi connectivity index (χ4v) is 4.76. The number of anilines is 1. The minimum Gasteiger partial charge on any atom is -0.311 e. The lowest BCUT2D eigenvalue weighted by molar-refractivity contribution is 0.601. The maximum absolute atomic E-state index is 12.4. The first-order valence-electron chi connectivity index (χ1n) is 6.85. The molecule has 1 N–H and O–H groups in total. The van der Waals surface area contributed by atoms with Crippen molar-refractivity contribution in [3.05, 3.63) is 59.3 Å². The Bertz CT molecular complexity index is 956. The van der Waals surface area contributed by atoms with Gasteiger partial charge in [-0.2, -0.15) is 0 Å². The molecule has 0 amide bonds. The highest BCUT2D eigenvalue weighted by Crippen LogP contribution is 2.28. The summed E-state index contributed by atoms with van der Waals surface area (Å²) in [6.07, 6.45) is 1.63. The van der Waals surface area contributed by atoms with Crippen molar-refractivity contribution < 1.29 is 8.42 Å². The summed E-state index contributed by atoms with van der Waals surface area (Å²) in [5.41, 5.74) is 0.494. The predicted octanol–water partition coefficient (Wildman–Crippen LogP) is 3.53. The first kappa shape index (κ1) is 17.0. The topological polar surface area (TPSA) is 76.9 Å². The van der Waals surface area contributed by atoms with E-state index in [-0.39, 0.29) is 4.90 Å². The van der Waals surface area contributed by atoms with E-state index in [4.69, 9.17) is 0 Å². The van der Waals surface area contributed by atoms with E-state index in [1.165, 1.54) is 11.8 Å². The molecule has 9 heteroatoms. The summed E-state index contributed by atoms with van der Waals surface area (Å²) in [7, 11) is -1.78. The number of nitrogens with one attached hydrogen (secondary N) is 1. The van der Waals surface area contributed by atoms with Crippen molar-refractivity contribution in [2.45, 2.75) is 14.9 Å². The maximum atomic E-state index is 12.4. The fourth-order valence-electron chi connectivity index (χ4n) is 1.93. The van der Waals surface area contributed by atoms with Crippen molar-refractivity contribution in [2.24, 2.45) is 7.05 Å². The summed E-state index contributed by atoms with van der Waals surface area (Å²) in [6.45, 7) is 0. The molecule has 0 fully saturated rings. The van der Waals surface area contributed by atoms with Crippen molar-refractivity contribution in [3.8, 4) is 0 Å². The Kier molecular flexibility index (Phi) is 4.93. The van der Waals surface area contributed by atoms with E-state index in [0.717, 1.165) is 10.1 Å². The second kappa shape index (κ2) is 6.96. The van der Waals surface area contributed by atoms with E-state index in [1.54, 1.807) is 42.7 Å². The van der Waals surface area contributed by atoms with Gasteiger partial charge in [0.15, 0.2) is 5.16 Å². The molecule has 0 aliphatic heterocycles. The summed E-state index contributed by atoms with van der Waals surface area (Å²) < 4.78 is 29.8. The number of halogens is 1. The van der Waals surface area contributed by atoms with Crippen LogP contribution < -0.4 is 4.72 Å². The molecule has 6 nitrogen and oxygen atoms in total. The monoisotopic (exact) mass is 424 g/mol. The Balaban J connectivity index is 1.77. The molecule has 3 rings (SSSR count). The minimum absolute atomic E-state index is 0.197. The van der Waals surface area contributed by atoms with Crippen LogP contribution in [-0.4, -0.2) is 23.2 Å². The van der Waals surface area contributed by atoms with E-state index >= 15 is 0 Å². The number of aryl methyl sites for hydroxylation is 1. The van der Waals surface area contributed by atoms with Crippen LogP contribution in [0.25, 0.3) is 0 Å². The van der Waals surface area contributed by atoms with Gasteiger partial charge in [-0.25, -0.2) is 8.42 Å². The zero-order chi connectivity index (χ0) is 17.2. The van der Waals surface area contributed by atoms with Gasteiger partial charge in [0.05, 0.1) is 0 Å². The van der Waals surface area contributed by atoms with Gasteiger partial charge < -0.3 is 4.57 Å². The van der Waals surface area contributed by atoms with Gasteiger partial charge in [0, 0.05) is 22.1 Å². The van der Waals surface area contributed by atoms with Crippen molar-refractivity contribution in [1.29, 1.82) is 0 Å².